The first kappa shape index (κ1) is 24.2. The zero-order chi connectivity index (χ0) is 23.5. The highest BCUT2D eigenvalue weighted by Gasteiger charge is 2.32. The van der Waals surface area contributed by atoms with E-state index in [1.165, 1.54) is 42.5 Å². The number of sulfonamides is 1. The first-order valence-electron chi connectivity index (χ1n) is 10.4. The molecule has 7 nitrogen and oxygen atoms in total. The molecule has 1 heterocycles. The van der Waals surface area contributed by atoms with Crippen LogP contribution in [0.15, 0.2) is 53.4 Å². The van der Waals surface area contributed by atoms with Crippen LogP contribution >= 0.6 is 0 Å². The number of carbonyl (C=O) groups excluding carboxylic acids is 1. The number of sulfone groups is 1. The molecule has 0 bridgehead atoms. The van der Waals surface area contributed by atoms with E-state index in [4.69, 9.17) is 0 Å². The second kappa shape index (κ2) is 9.58. The van der Waals surface area contributed by atoms with Crippen molar-refractivity contribution in [1.29, 1.82) is 0 Å². The molecule has 1 N–H and O–H groups in total. The van der Waals surface area contributed by atoms with Crippen LogP contribution in [0.1, 0.15) is 37.0 Å². The van der Waals surface area contributed by atoms with Gasteiger partial charge < -0.3 is 4.90 Å². The Morgan fingerprint density at radius 2 is 1.62 bits per heavy atom. The zero-order valence-corrected chi connectivity index (χ0v) is 19.6. The summed E-state index contributed by atoms with van der Waals surface area (Å²) in [5.74, 6) is -0.886. The van der Waals surface area contributed by atoms with Crippen molar-refractivity contribution >= 4 is 31.5 Å². The number of amides is 1. The molecular weight excluding hydrogens is 455 g/mol. The Kier molecular flexibility index (Phi) is 7.24. The van der Waals surface area contributed by atoms with Gasteiger partial charge in [-0.05, 0) is 55.2 Å². The maximum Gasteiger partial charge on any atom is 0.264 e. The van der Waals surface area contributed by atoms with Gasteiger partial charge in [-0.15, -0.1) is 0 Å². The SMILES string of the molecule is CC(C)CS(=O)(=O)C1CCN(C(=O)c2ccc(NS(=O)(=O)c3ccccc3F)cc2)CC1. The van der Waals surface area contributed by atoms with Gasteiger partial charge in [0.05, 0.1) is 11.0 Å². The summed E-state index contributed by atoms with van der Waals surface area (Å²) in [6.45, 7) is 4.44. The van der Waals surface area contributed by atoms with Crippen molar-refractivity contribution in [2.75, 3.05) is 23.6 Å². The monoisotopic (exact) mass is 482 g/mol. The predicted molar refractivity (Wildman–Crippen MR) is 121 cm³/mol. The van der Waals surface area contributed by atoms with E-state index in [9.17, 15) is 26.0 Å². The van der Waals surface area contributed by atoms with Crippen molar-refractivity contribution in [3.63, 3.8) is 0 Å². The van der Waals surface area contributed by atoms with Crippen LogP contribution in [0.3, 0.4) is 0 Å². The molecule has 0 unspecified atom stereocenters. The van der Waals surface area contributed by atoms with Crippen LogP contribution in [0.5, 0.6) is 0 Å². The number of halogens is 1. The minimum absolute atomic E-state index is 0.0639. The lowest BCUT2D eigenvalue weighted by atomic mass is 10.1. The Morgan fingerprint density at radius 3 is 2.19 bits per heavy atom. The third kappa shape index (κ3) is 5.66. The van der Waals surface area contributed by atoms with E-state index < -0.39 is 35.8 Å². The minimum atomic E-state index is -4.10. The number of carbonyl (C=O) groups is 1. The van der Waals surface area contributed by atoms with Crippen LogP contribution in [0.4, 0.5) is 10.1 Å². The van der Waals surface area contributed by atoms with Crippen LogP contribution in [0.2, 0.25) is 0 Å². The molecule has 0 atom stereocenters. The Labute approximate surface area is 188 Å². The van der Waals surface area contributed by atoms with E-state index in [0.717, 1.165) is 6.07 Å². The van der Waals surface area contributed by atoms with Crippen molar-refractivity contribution in [2.24, 2.45) is 5.92 Å². The standard InChI is InChI=1S/C22H27FN2O5S2/c1-16(2)15-31(27,28)19-11-13-25(14-12-19)22(26)17-7-9-18(10-8-17)24-32(29,30)21-6-4-3-5-20(21)23/h3-10,16,19,24H,11-15H2,1-2H3. The molecule has 1 aliphatic rings. The topological polar surface area (TPSA) is 101 Å². The Balaban J connectivity index is 1.63. The number of anilines is 1. The Bertz CT molecular complexity index is 1170. The van der Waals surface area contributed by atoms with Crippen LogP contribution in [0.25, 0.3) is 0 Å². The summed E-state index contributed by atoms with van der Waals surface area (Å²) < 4.78 is 65.8. The van der Waals surface area contributed by atoms with E-state index >= 15 is 0 Å². The highest BCUT2D eigenvalue weighted by molar-refractivity contribution is 7.92. The summed E-state index contributed by atoms with van der Waals surface area (Å²) in [4.78, 5) is 13.9. The molecule has 1 fully saturated rings. The first-order valence-corrected chi connectivity index (χ1v) is 13.6. The fourth-order valence-corrected chi connectivity index (χ4v) is 7.02. The lowest BCUT2D eigenvalue weighted by molar-refractivity contribution is 0.0725. The van der Waals surface area contributed by atoms with Gasteiger partial charge in [-0.25, -0.2) is 21.2 Å². The van der Waals surface area contributed by atoms with E-state index in [1.807, 2.05) is 13.8 Å². The number of likely N-dealkylation sites (tertiary alicyclic amines) is 1. The van der Waals surface area contributed by atoms with Gasteiger partial charge in [0.2, 0.25) is 0 Å². The average Bonchev–Trinajstić information content (AvgIpc) is 2.73. The molecule has 0 radical (unpaired) electrons. The second-order valence-corrected chi connectivity index (χ2v) is 12.3. The van der Waals surface area contributed by atoms with Crippen LogP contribution in [-0.4, -0.2) is 51.7 Å². The smallest absolute Gasteiger partial charge is 0.264 e. The molecule has 10 heteroatoms. The van der Waals surface area contributed by atoms with Gasteiger partial charge in [0.1, 0.15) is 10.7 Å². The van der Waals surface area contributed by atoms with E-state index in [2.05, 4.69) is 4.72 Å². The summed E-state index contributed by atoms with van der Waals surface area (Å²) in [6, 6.07) is 10.9. The van der Waals surface area contributed by atoms with Gasteiger partial charge in [0.15, 0.2) is 9.84 Å². The quantitative estimate of drug-likeness (QED) is 0.653. The van der Waals surface area contributed by atoms with Crippen molar-refractivity contribution in [1.82, 2.24) is 4.90 Å². The predicted octanol–water partition coefficient (Wildman–Crippen LogP) is 3.30. The molecule has 0 spiro atoms. The number of hydrogen-bond acceptors (Lipinski definition) is 5. The van der Waals surface area contributed by atoms with E-state index in [0.29, 0.717) is 31.5 Å². The average molecular weight is 483 g/mol. The largest absolute Gasteiger partial charge is 0.339 e. The molecule has 32 heavy (non-hydrogen) atoms. The molecule has 3 rings (SSSR count). The number of nitrogens with zero attached hydrogens (tertiary/aromatic N) is 1. The molecule has 2 aromatic carbocycles. The zero-order valence-electron chi connectivity index (χ0n) is 18.0. The van der Waals surface area contributed by atoms with E-state index in [1.54, 1.807) is 4.90 Å². The van der Waals surface area contributed by atoms with Gasteiger partial charge in [0, 0.05) is 24.3 Å². The molecule has 1 saturated heterocycles. The molecule has 0 saturated carbocycles. The maximum absolute atomic E-state index is 13.8. The fraction of sp³-hybridized carbons (Fsp3) is 0.409. The lowest BCUT2D eigenvalue weighted by Crippen LogP contribution is -2.43. The van der Waals surface area contributed by atoms with Gasteiger partial charge in [0.25, 0.3) is 15.9 Å². The Hall–Kier alpha value is -2.46. The molecule has 0 aliphatic carbocycles. The molecular formula is C22H27FN2O5S2. The van der Waals surface area contributed by atoms with E-state index in [-0.39, 0.29) is 23.3 Å². The highest BCUT2D eigenvalue weighted by atomic mass is 32.2. The Morgan fingerprint density at radius 1 is 1.03 bits per heavy atom. The number of nitrogens with one attached hydrogen (secondary N) is 1. The van der Waals surface area contributed by atoms with Crippen molar-refractivity contribution in [2.45, 2.75) is 36.8 Å². The van der Waals surface area contributed by atoms with Crippen LogP contribution < -0.4 is 4.72 Å². The van der Waals surface area contributed by atoms with Crippen molar-refractivity contribution in [3.05, 3.63) is 59.9 Å². The summed E-state index contributed by atoms with van der Waals surface area (Å²) >= 11 is 0. The van der Waals surface area contributed by atoms with Crippen LogP contribution in [0, 0.1) is 11.7 Å². The summed E-state index contributed by atoms with van der Waals surface area (Å²) in [5, 5.41) is -0.427. The van der Waals surface area contributed by atoms with Crippen LogP contribution in [-0.2, 0) is 19.9 Å². The van der Waals surface area contributed by atoms with Gasteiger partial charge >= 0.3 is 0 Å². The van der Waals surface area contributed by atoms with Crippen molar-refractivity contribution < 1.29 is 26.0 Å². The molecule has 1 amide bonds. The summed E-state index contributed by atoms with van der Waals surface area (Å²) in [7, 11) is -7.28. The molecule has 2 aromatic rings. The normalized spacial score (nSPS) is 15.7. The van der Waals surface area contributed by atoms with Gasteiger partial charge in [-0.1, -0.05) is 26.0 Å². The second-order valence-electron chi connectivity index (χ2n) is 8.33. The first-order chi connectivity index (χ1) is 15.0. The lowest BCUT2D eigenvalue weighted by Gasteiger charge is -2.32. The molecule has 1 aliphatic heterocycles. The number of rotatable bonds is 7. The maximum atomic E-state index is 13.8. The van der Waals surface area contributed by atoms with Crippen molar-refractivity contribution in [3.8, 4) is 0 Å². The summed E-state index contributed by atoms with van der Waals surface area (Å²) in [5.41, 5.74) is 0.561. The summed E-state index contributed by atoms with van der Waals surface area (Å²) in [6.07, 6.45) is 0.808. The fourth-order valence-electron chi connectivity index (χ4n) is 3.75. The number of piperidine rings is 1. The molecule has 174 valence electrons. The third-order valence-corrected chi connectivity index (χ3v) is 9.35. The highest BCUT2D eigenvalue weighted by Crippen LogP contribution is 2.23. The van der Waals surface area contributed by atoms with Gasteiger partial charge in [-0.3, -0.25) is 9.52 Å². The minimum Gasteiger partial charge on any atom is -0.339 e. The number of hydrogen-bond donors (Lipinski definition) is 1. The van der Waals surface area contributed by atoms with Gasteiger partial charge in [-0.2, -0.15) is 0 Å². The third-order valence-electron chi connectivity index (χ3n) is 5.31. The number of benzene rings is 2. The molecule has 0 aromatic heterocycles.